The van der Waals surface area contributed by atoms with Crippen LogP contribution in [0.25, 0.3) is 0 Å². The van der Waals surface area contributed by atoms with Gasteiger partial charge in [0.25, 0.3) is 0 Å². The Kier molecular flexibility index (Phi) is 10.9. The molecule has 1 aromatic rings. The summed E-state index contributed by atoms with van der Waals surface area (Å²) in [5, 5.41) is 9.26. The summed E-state index contributed by atoms with van der Waals surface area (Å²) >= 11 is 0. The van der Waals surface area contributed by atoms with E-state index in [0.29, 0.717) is 12.8 Å². The molecule has 5 nitrogen and oxygen atoms in total. The normalized spacial score (nSPS) is 17.4. The van der Waals surface area contributed by atoms with Crippen molar-refractivity contribution in [3.63, 3.8) is 0 Å². The topological polar surface area (TPSA) is 74.7 Å². The Labute approximate surface area is 182 Å². The Morgan fingerprint density at radius 2 is 1.47 bits per heavy atom. The molecule has 2 rings (SSSR count). The molecule has 0 saturated carbocycles. The lowest BCUT2D eigenvalue weighted by molar-refractivity contribution is -0.140. The van der Waals surface area contributed by atoms with E-state index >= 15 is 0 Å². The number of carbonyl (C=O) groups is 1. The fraction of sp³-hybridized carbons (Fsp3) is 0.708. The first kappa shape index (κ1) is 24.9. The summed E-state index contributed by atoms with van der Waals surface area (Å²) in [6.07, 6.45) is 16.4. The second-order valence-electron chi connectivity index (χ2n) is 8.54. The maximum absolute atomic E-state index is 12.8. The van der Waals surface area contributed by atoms with Crippen LogP contribution in [0.5, 0.6) is 0 Å². The summed E-state index contributed by atoms with van der Waals surface area (Å²) in [5.74, 6) is -1.07. The average molecular weight is 438 g/mol. The molecule has 1 fully saturated rings. The SMILES string of the molecule is CCCCCCCCCCCCCc1ccc(S(=O)(=O)N2CCCC2C(=O)O)cc1. The molecule has 30 heavy (non-hydrogen) atoms. The lowest BCUT2D eigenvalue weighted by Gasteiger charge is -2.21. The zero-order valence-corrected chi connectivity index (χ0v) is 19.3. The smallest absolute Gasteiger partial charge is 0.322 e. The maximum atomic E-state index is 12.8. The minimum absolute atomic E-state index is 0.193. The number of hydrogen-bond donors (Lipinski definition) is 1. The first-order valence-corrected chi connectivity index (χ1v) is 13.2. The van der Waals surface area contributed by atoms with Gasteiger partial charge in [0.15, 0.2) is 0 Å². The van der Waals surface area contributed by atoms with Crippen molar-refractivity contribution in [2.24, 2.45) is 0 Å². The molecule has 0 aromatic heterocycles. The number of carboxylic acid groups (broad SMARTS) is 1. The molecule has 1 aliphatic rings. The van der Waals surface area contributed by atoms with Gasteiger partial charge in [-0.25, -0.2) is 8.42 Å². The highest BCUT2D eigenvalue weighted by Gasteiger charge is 2.39. The Hall–Kier alpha value is -1.40. The summed E-state index contributed by atoms with van der Waals surface area (Å²) in [6.45, 7) is 2.53. The molecule has 1 aliphatic heterocycles. The number of aryl methyl sites for hydroxylation is 1. The molecule has 0 amide bonds. The van der Waals surface area contributed by atoms with E-state index in [1.54, 1.807) is 12.1 Å². The van der Waals surface area contributed by atoms with Crippen molar-refractivity contribution < 1.29 is 18.3 Å². The summed E-state index contributed by atoms with van der Waals surface area (Å²) in [7, 11) is -3.74. The van der Waals surface area contributed by atoms with Gasteiger partial charge in [0.1, 0.15) is 6.04 Å². The summed E-state index contributed by atoms with van der Waals surface area (Å²) in [6, 6.07) is 6.05. The van der Waals surface area contributed by atoms with Gasteiger partial charge in [0.2, 0.25) is 10.0 Å². The Balaban J connectivity index is 1.67. The monoisotopic (exact) mass is 437 g/mol. The van der Waals surface area contributed by atoms with Crippen LogP contribution in [-0.4, -0.2) is 36.4 Å². The van der Waals surface area contributed by atoms with E-state index in [4.69, 9.17) is 0 Å². The van der Waals surface area contributed by atoms with E-state index in [9.17, 15) is 18.3 Å². The maximum Gasteiger partial charge on any atom is 0.322 e. The minimum Gasteiger partial charge on any atom is -0.480 e. The van der Waals surface area contributed by atoms with E-state index in [-0.39, 0.29) is 11.4 Å². The number of nitrogens with zero attached hydrogens (tertiary/aromatic N) is 1. The van der Waals surface area contributed by atoms with Crippen molar-refractivity contribution in [1.29, 1.82) is 0 Å². The van der Waals surface area contributed by atoms with Gasteiger partial charge in [-0.15, -0.1) is 0 Å². The van der Waals surface area contributed by atoms with Crippen LogP contribution in [0.3, 0.4) is 0 Å². The van der Waals surface area contributed by atoms with Crippen LogP contribution in [0.2, 0.25) is 0 Å². The predicted octanol–water partition coefficient (Wildman–Crippen LogP) is 5.78. The number of unbranched alkanes of at least 4 members (excludes halogenated alkanes) is 10. The van der Waals surface area contributed by atoms with E-state index in [1.807, 2.05) is 12.1 Å². The van der Waals surface area contributed by atoms with Gasteiger partial charge in [-0.2, -0.15) is 4.31 Å². The van der Waals surface area contributed by atoms with Crippen molar-refractivity contribution in [2.75, 3.05) is 6.54 Å². The van der Waals surface area contributed by atoms with Gasteiger partial charge in [0.05, 0.1) is 4.90 Å². The molecule has 1 N–H and O–H groups in total. The Morgan fingerprint density at radius 1 is 0.933 bits per heavy atom. The quantitative estimate of drug-likeness (QED) is 0.353. The number of rotatable bonds is 15. The van der Waals surface area contributed by atoms with Crippen molar-refractivity contribution in [3.05, 3.63) is 29.8 Å². The number of benzene rings is 1. The predicted molar refractivity (Wildman–Crippen MR) is 121 cm³/mol. The van der Waals surface area contributed by atoms with Gasteiger partial charge in [-0.1, -0.05) is 83.3 Å². The first-order valence-electron chi connectivity index (χ1n) is 11.8. The van der Waals surface area contributed by atoms with E-state index in [0.717, 1.165) is 22.7 Å². The molecule has 1 heterocycles. The third-order valence-electron chi connectivity index (χ3n) is 6.09. The lowest BCUT2D eigenvalue weighted by atomic mass is 10.0. The fourth-order valence-corrected chi connectivity index (χ4v) is 5.88. The van der Waals surface area contributed by atoms with Gasteiger partial charge in [-0.05, 0) is 43.4 Å². The zero-order chi connectivity index (χ0) is 21.8. The molecule has 0 radical (unpaired) electrons. The fourth-order valence-electron chi connectivity index (χ4n) is 4.23. The number of aliphatic carboxylic acids is 1. The molecular formula is C24H39NO4S. The summed E-state index contributed by atoms with van der Waals surface area (Å²) in [5.41, 5.74) is 1.14. The van der Waals surface area contributed by atoms with E-state index in [1.165, 1.54) is 64.2 Å². The average Bonchev–Trinajstić information content (AvgIpc) is 3.24. The molecule has 1 saturated heterocycles. The van der Waals surface area contributed by atoms with Crippen molar-refractivity contribution in [3.8, 4) is 0 Å². The van der Waals surface area contributed by atoms with Crippen LogP contribution in [0.1, 0.15) is 96.0 Å². The molecule has 1 atom stereocenters. The second kappa shape index (κ2) is 13.1. The van der Waals surface area contributed by atoms with Gasteiger partial charge in [0, 0.05) is 6.54 Å². The number of hydrogen-bond acceptors (Lipinski definition) is 3. The number of carboxylic acids is 1. The molecular weight excluding hydrogens is 398 g/mol. The van der Waals surface area contributed by atoms with Crippen LogP contribution in [0.15, 0.2) is 29.2 Å². The zero-order valence-electron chi connectivity index (χ0n) is 18.5. The van der Waals surface area contributed by atoms with E-state index < -0.39 is 22.0 Å². The van der Waals surface area contributed by atoms with Crippen molar-refractivity contribution >= 4 is 16.0 Å². The largest absolute Gasteiger partial charge is 0.480 e. The standard InChI is InChI=1S/C24H39NO4S/c1-2-3-4-5-6-7-8-9-10-11-12-14-21-16-18-22(19-17-21)30(28,29)25-20-13-15-23(25)24(26)27/h16-19,23H,2-15,20H2,1H3,(H,26,27). The summed E-state index contributed by atoms with van der Waals surface area (Å²) < 4.78 is 26.7. The molecule has 0 spiro atoms. The molecule has 1 aromatic carbocycles. The van der Waals surface area contributed by atoms with Crippen molar-refractivity contribution in [2.45, 2.75) is 108 Å². The molecule has 0 aliphatic carbocycles. The highest BCUT2D eigenvalue weighted by Crippen LogP contribution is 2.26. The second-order valence-corrected chi connectivity index (χ2v) is 10.4. The minimum atomic E-state index is -3.74. The Bertz CT molecular complexity index is 730. The highest BCUT2D eigenvalue weighted by atomic mass is 32.2. The van der Waals surface area contributed by atoms with Gasteiger partial charge < -0.3 is 5.11 Å². The molecule has 0 bridgehead atoms. The van der Waals surface area contributed by atoms with Crippen LogP contribution in [0.4, 0.5) is 0 Å². The van der Waals surface area contributed by atoms with Crippen molar-refractivity contribution in [1.82, 2.24) is 4.31 Å². The van der Waals surface area contributed by atoms with E-state index in [2.05, 4.69) is 6.92 Å². The van der Waals surface area contributed by atoms with Gasteiger partial charge in [-0.3, -0.25) is 4.79 Å². The third kappa shape index (κ3) is 7.69. The van der Waals surface area contributed by atoms with Crippen LogP contribution in [-0.2, 0) is 21.2 Å². The number of sulfonamides is 1. The summed E-state index contributed by atoms with van der Waals surface area (Å²) in [4.78, 5) is 11.5. The highest BCUT2D eigenvalue weighted by molar-refractivity contribution is 7.89. The molecule has 1 unspecified atom stereocenters. The van der Waals surface area contributed by atoms with Crippen LogP contribution >= 0.6 is 0 Å². The molecule has 170 valence electrons. The van der Waals surface area contributed by atoms with Gasteiger partial charge >= 0.3 is 5.97 Å². The lowest BCUT2D eigenvalue weighted by Crippen LogP contribution is -2.40. The van der Waals surface area contributed by atoms with Crippen LogP contribution in [0, 0.1) is 0 Å². The Morgan fingerprint density at radius 3 is 2.00 bits per heavy atom. The first-order chi connectivity index (χ1) is 14.5. The third-order valence-corrected chi connectivity index (χ3v) is 8.01. The molecule has 6 heteroatoms. The van der Waals surface area contributed by atoms with Crippen LogP contribution < -0.4 is 0 Å².